The smallest absolute Gasteiger partial charge is 0.128 e. The van der Waals surface area contributed by atoms with Crippen LogP contribution in [0.4, 0.5) is 0 Å². The Kier molecular flexibility index (Phi) is 9.36. The van der Waals surface area contributed by atoms with Crippen molar-refractivity contribution in [2.75, 3.05) is 0 Å². The normalized spacial score (nSPS) is 18.9. The summed E-state index contributed by atoms with van der Waals surface area (Å²) in [6.07, 6.45) is 12.3. The fourth-order valence-corrected chi connectivity index (χ4v) is 9.22. The summed E-state index contributed by atoms with van der Waals surface area (Å²) in [5.74, 6) is -0.529. The quantitative estimate of drug-likeness (QED) is 0.161. The van der Waals surface area contributed by atoms with Crippen molar-refractivity contribution in [1.82, 2.24) is 9.97 Å². The molecular formula is C56H56IrN2O-2. The van der Waals surface area contributed by atoms with Crippen molar-refractivity contribution in [3.8, 4) is 33.6 Å². The number of hydrogen-bond acceptors (Lipinski definition) is 3. The number of nitrogens with zero attached hydrogens (tertiary/aromatic N) is 2. The molecule has 60 heavy (non-hydrogen) atoms. The maximum absolute atomic E-state index is 9.40. The predicted octanol–water partition coefficient (Wildman–Crippen LogP) is 15.6. The van der Waals surface area contributed by atoms with Gasteiger partial charge in [0.1, 0.15) is 5.58 Å². The minimum absolute atomic E-state index is 0. The van der Waals surface area contributed by atoms with Gasteiger partial charge in [-0.05, 0) is 102 Å². The molecular weight excluding hydrogens is 909 g/mol. The van der Waals surface area contributed by atoms with E-state index in [0.717, 1.165) is 57.0 Å². The van der Waals surface area contributed by atoms with Crippen LogP contribution in [-0.4, -0.2) is 9.97 Å². The average molecular weight is 974 g/mol. The fourth-order valence-electron chi connectivity index (χ4n) is 9.22. The van der Waals surface area contributed by atoms with E-state index in [2.05, 4.69) is 71.7 Å². The fraction of sp³-hybridized carbons (Fsp3) is 0.321. The van der Waals surface area contributed by atoms with Gasteiger partial charge in [0.2, 0.25) is 0 Å². The molecule has 1 radical (unpaired) electrons. The molecule has 10 rings (SSSR count). The third-order valence-corrected chi connectivity index (χ3v) is 12.3. The molecule has 2 aliphatic rings. The SMILES string of the molecule is [2H]C([2H])([2H])c1c[c-]c(-c2cc(C([2H])([2H])[2H])c(C([2H])([2H])C(C)(C)C)cn2)cc1-c1ccccc1.[2H]C1(c2ccnc(-c3[c-]ccc4c3oc3c5ccccc5ccc43)c2)CCC2(CCCCC2)CC1.[Ir]. The molecule has 2 aliphatic carbocycles. The van der Waals surface area contributed by atoms with Crippen molar-refractivity contribution < 1.29 is 36.9 Å². The number of furan rings is 1. The van der Waals surface area contributed by atoms with Crippen LogP contribution >= 0.6 is 0 Å². The molecule has 2 fully saturated rings. The average Bonchev–Trinajstić information content (AvgIpc) is 3.72. The first-order valence-corrected chi connectivity index (χ1v) is 21.0. The number of aryl methyl sites for hydroxylation is 2. The van der Waals surface area contributed by atoms with Gasteiger partial charge in [-0.15, -0.1) is 47.5 Å². The number of fused-ring (bicyclic) bond motifs is 5. The maximum Gasteiger partial charge on any atom is 0.128 e. The minimum atomic E-state index is -2.56. The molecule has 307 valence electrons. The molecule has 3 aromatic heterocycles. The molecule has 0 saturated heterocycles. The zero-order valence-electron chi connectivity index (χ0n) is 43.5. The molecule has 0 bridgehead atoms. The van der Waals surface area contributed by atoms with E-state index in [1.807, 2.05) is 30.5 Å². The van der Waals surface area contributed by atoms with Crippen LogP contribution in [0.15, 0.2) is 126 Å². The van der Waals surface area contributed by atoms with E-state index in [4.69, 9.17) is 20.4 Å². The van der Waals surface area contributed by atoms with E-state index in [1.165, 1.54) is 68.7 Å². The van der Waals surface area contributed by atoms with Gasteiger partial charge >= 0.3 is 0 Å². The van der Waals surface area contributed by atoms with Gasteiger partial charge in [0.25, 0.3) is 0 Å². The Hall–Kier alpha value is -4.89. The summed E-state index contributed by atoms with van der Waals surface area (Å²) in [7, 11) is 0. The molecule has 3 heterocycles. The number of aromatic nitrogens is 2. The second-order valence-corrected chi connectivity index (χ2v) is 17.5. The van der Waals surface area contributed by atoms with Crippen molar-refractivity contribution in [3.63, 3.8) is 0 Å². The van der Waals surface area contributed by atoms with Gasteiger partial charge in [0.05, 0.1) is 5.58 Å². The van der Waals surface area contributed by atoms with Crippen LogP contribution in [0.1, 0.15) is 119 Å². The number of benzene rings is 5. The zero-order valence-corrected chi connectivity index (χ0v) is 36.9. The predicted molar refractivity (Wildman–Crippen MR) is 247 cm³/mol. The van der Waals surface area contributed by atoms with Crippen LogP contribution in [-0.2, 0) is 26.5 Å². The van der Waals surface area contributed by atoms with Crippen LogP contribution in [0.25, 0.3) is 66.4 Å². The second kappa shape index (κ2) is 17.6. The van der Waals surface area contributed by atoms with Gasteiger partial charge < -0.3 is 14.4 Å². The van der Waals surface area contributed by atoms with Crippen LogP contribution in [0, 0.1) is 36.7 Å². The van der Waals surface area contributed by atoms with Crippen LogP contribution < -0.4 is 0 Å². The van der Waals surface area contributed by atoms with E-state index in [-0.39, 0.29) is 42.5 Å². The summed E-state index contributed by atoms with van der Waals surface area (Å²) >= 11 is 0. The summed E-state index contributed by atoms with van der Waals surface area (Å²) in [5, 5.41) is 4.50. The van der Waals surface area contributed by atoms with E-state index >= 15 is 0 Å². The molecule has 4 heteroatoms. The molecule has 0 atom stereocenters. The Bertz CT molecular complexity index is 3120. The van der Waals surface area contributed by atoms with E-state index in [1.54, 1.807) is 39.0 Å². The molecule has 2 saturated carbocycles. The Balaban J connectivity index is 0.000000184. The third-order valence-electron chi connectivity index (χ3n) is 12.3. The van der Waals surface area contributed by atoms with Crippen molar-refractivity contribution in [1.29, 1.82) is 0 Å². The van der Waals surface area contributed by atoms with Gasteiger partial charge in [-0.25, -0.2) is 0 Å². The Morgan fingerprint density at radius 2 is 1.53 bits per heavy atom. The van der Waals surface area contributed by atoms with E-state index in [0.29, 0.717) is 22.1 Å². The van der Waals surface area contributed by atoms with Gasteiger partial charge in [0, 0.05) is 55.6 Å². The first-order chi connectivity index (χ1) is 32.2. The molecule has 0 amide bonds. The molecule has 0 aliphatic heterocycles. The summed E-state index contributed by atoms with van der Waals surface area (Å²) in [4.78, 5) is 9.09. The standard InChI is InChI=1S/C32H30NO.C24H26N.Ir/c1-4-16-32(17-5-1)18-13-22(14-19-32)24-15-20-33-29(21-24)28-10-6-9-26-27-12-11-23-7-2-3-8-25(23)30(27)34-31(26)28;1-17-11-12-20(14-22(17)19-9-7-6-8-10-19)23-13-18(2)21(16-25-23)15-24(3,4)5;/h2-3,6-9,11-12,15,20-22H,1,4-5,13-14,16-19H2;6-11,13-14,16H,15H2,1-5H3;/q2*-1;/i22D;1D3,2D3,15D2;. The van der Waals surface area contributed by atoms with Crippen molar-refractivity contribution >= 4 is 32.7 Å². The summed E-state index contributed by atoms with van der Waals surface area (Å²) in [6.45, 7) is 0.198. The van der Waals surface area contributed by atoms with Gasteiger partial charge in [-0.3, -0.25) is 0 Å². The monoisotopic (exact) mass is 974 g/mol. The van der Waals surface area contributed by atoms with Crippen LogP contribution in [0.5, 0.6) is 0 Å². The Labute approximate surface area is 383 Å². The number of hydrogen-bond donors (Lipinski definition) is 0. The van der Waals surface area contributed by atoms with Crippen LogP contribution in [0.3, 0.4) is 0 Å². The largest absolute Gasteiger partial charge is 0.500 e. The Morgan fingerprint density at radius 1 is 0.767 bits per heavy atom. The third kappa shape index (κ3) is 8.79. The van der Waals surface area contributed by atoms with Gasteiger partial charge in [-0.2, -0.15) is 0 Å². The van der Waals surface area contributed by atoms with Gasteiger partial charge in [-0.1, -0.05) is 153 Å². The second-order valence-electron chi connectivity index (χ2n) is 17.5. The summed E-state index contributed by atoms with van der Waals surface area (Å²) in [6, 6.07) is 40.7. The Morgan fingerprint density at radius 3 is 2.32 bits per heavy atom. The topological polar surface area (TPSA) is 38.9 Å². The molecule has 3 nitrogen and oxygen atoms in total. The number of rotatable bonds is 5. The first kappa shape index (κ1) is 31.9. The van der Waals surface area contributed by atoms with Gasteiger partial charge in [0.15, 0.2) is 0 Å². The molecule has 0 unspecified atom stereocenters. The van der Waals surface area contributed by atoms with Crippen LogP contribution in [0.2, 0.25) is 0 Å². The molecule has 5 aromatic carbocycles. The van der Waals surface area contributed by atoms with E-state index < -0.39 is 31.4 Å². The van der Waals surface area contributed by atoms with Crippen molar-refractivity contribution in [3.05, 3.63) is 156 Å². The van der Waals surface area contributed by atoms with Crippen molar-refractivity contribution in [2.24, 2.45) is 10.8 Å². The molecule has 8 aromatic rings. The molecule has 1 spiro atoms. The molecule has 0 N–H and O–H groups in total. The zero-order chi connectivity index (χ0) is 48.3. The maximum atomic E-state index is 9.40. The summed E-state index contributed by atoms with van der Waals surface area (Å²) < 4.78 is 80.7. The summed E-state index contributed by atoms with van der Waals surface area (Å²) in [5.41, 5.74) is 6.13. The first-order valence-electron chi connectivity index (χ1n) is 25.5. The number of pyridine rings is 2. The van der Waals surface area contributed by atoms with E-state index in [9.17, 15) is 1.37 Å². The minimum Gasteiger partial charge on any atom is -0.500 e. The van der Waals surface area contributed by atoms with Crippen molar-refractivity contribution in [2.45, 2.75) is 105 Å².